The molecular weight excluding hydrogens is 276 g/mol. The van der Waals surface area contributed by atoms with Gasteiger partial charge in [0.1, 0.15) is 17.3 Å². The highest BCUT2D eigenvalue weighted by Crippen LogP contribution is 2.24. The second-order valence-corrected chi connectivity index (χ2v) is 4.73. The standard InChI is InChI=1S/C15H15F2N3O/c1-9(12-7-10(16)3-5-13(12)17)20(2)15(21)14-6-4-11(18)8-19-14/h3-9H,18H2,1-2H3. The van der Waals surface area contributed by atoms with Crippen molar-refractivity contribution in [2.24, 2.45) is 0 Å². The number of halogens is 2. The second-order valence-electron chi connectivity index (χ2n) is 4.73. The summed E-state index contributed by atoms with van der Waals surface area (Å²) < 4.78 is 27.0. The van der Waals surface area contributed by atoms with Crippen molar-refractivity contribution >= 4 is 11.6 Å². The van der Waals surface area contributed by atoms with Crippen LogP contribution in [0.5, 0.6) is 0 Å². The molecule has 1 heterocycles. The largest absolute Gasteiger partial charge is 0.397 e. The van der Waals surface area contributed by atoms with Crippen LogP contribution < -0.4 is 5.73 Å². The van der Waals surface area contributed by atoms with Crippen LogP contribution in [0, 0.1) is 11.6 Å². The highest BCUT2D eigenvalue weighted by Gasteiger charge is 2.22. The minimum Gasteiger partial charge on any atom is -0.397 e. The van der Waals surface area contributed by atoms with Crippen LogP contribution in [0.4, 0.5) is 14.5 Å². The lowest BCUT2D eigenvalue weighted by Crippen LogP contribution is -2.30. The predicted molar refractivity (Wildman–Crippen MR) is 75.5 cm³/mol. The Morgan fingerprint density at radius 2 is 2.00 bits per heavy atom. The molecule has 0 bridgehead atoms. The number of benzene rings is 1. The summed E-state index contributed by atoms with van der Waals surface area (Å²) in [6.07, 6.45) is 1.37. The molecule has 2 rings (SSSR count). The van der Waals surface area contributed by atoms with Crippen LogP contribution in [0.15, 0.2) is 36.5 Å². The molecule has 1 atom stereocenters. The van der Waals surface area contributed by atoms with Gasteiger partial charge in [0.15, 0.2) is 0 Å². The van der Waals surface area contributed by atoms with E-state index in [0.717, 1.165) is 18.2 Å². The molecule has 0 saturated carbocycles. The van der Waals surface area contributed by atoms with E-state index in [2.05, 4.69) is 4.98 Å². The maximum Gasteiger partial charge on any atom is 0.272 e. The van der Waals surface area contributed by atoms with E-state index < -0.39 is 23.6 Å². The van der Waals surface area contributed by atoms with E-state index in [4.69, 9.17) is 5.73 Å². The molecule has 1 unspecified atom stereocenters. The summed E-state index contributed by atoms with van der Waals surface area (Å²) in [5.41, 5.74) is 6.26. The fourth-order valence-corrected chi connectivity index (χ4v) is 1.93. The van der Waals surface area contributed by atoms with Gasteiger partial charge in [-0.05, 0) is 37.3 Å². The van der Waals surface area contributed by atoms with Gasteiger partial charge >= 0.3 is 0 Å². The molecule has 2 N–H and O–H groups in total. The third-order valence-electron chi connectivity index (χ3n) is 3.31. The Bertz CT molecular complexity index is 658. The fraction of sp³-hybridized carbons (Fsp3) is 0.200. The fourth-order valence-electron chi connectivity index (χ4n) is 1.93. The van der Waals surface area contributed by atoms with Gasteiger partial charge in [0, 0.05) is 12.6 Å². The van der Waals surface area contributed by atoms with Crippen molar-refractivity contribution in [1.82, 2.24) is 9.88 Å². The van der Waals surface area contributed by atoms with Gasteiger partial charge in [-0.1, -0.05) is 0 Å². The smallest absolute Gasteiger partial charge is 0.272 e. The quantitative estimate of drug-likeness (QED) is 0.946. The van der Waals surface area contributed by atoms with Crippen molar-refractivity contribution in [1.29, 1.82) is 0 Å². The van der Waals surface area contributed by atoms with Crippen LogP contribution in [0.25, 0.3) is 0 Å². The molecule has 0 aliphatic heterocycles. The van der Waals surface area contributed by atoms with Crippen molar-refractivity contribution in [3.63, 3.8) is 0 Å². The zero-order chi connectivity index (χ0) is 15.6. The molecule has 21 heavy (non-hydrogen) atoms. The minimum absolute atomic E-state index is 0.112. The second kappa shape index (κ2) is 5.87. The Morgan fingerprint density at radius 1 is 1.29 bits per heavy atom. The van der Waals surface area contributed by atoms with E-state index in [-0.39, 0.29) is 11.3 Å². The van der Waals surface area contributed by atoms with Crippen LogP contribution in [0.3, 0.4) is 0 Å². The molecule has 1 aromatic carbocycles. The first kappa shape index (κ1) is 14.9. The molecule has 2 aromatic rings. The number of pyridine rings is 1. The first-order valence-electron chi connectivity index (χ1n) is 6.34. The Balaban J connectivity index is 2.26. The number of anilines is 1. The van der Waals surface area contributed by atoms with E-state index in [0.29, 0.717) is 5.69 Å². The minimum atomic E-state index is -0.632. The van der Waals surface area contributed by atoms with Crippen molar-refractivity contribution in [2.45, 2.75) is 13.0 Å². The number of nitrogen functional groups attached to an aromatic ring is 1. The Hall–Kier alpha value is -2.50. The van der Waals surface area contributed by atoms with Gasteiger partial charge in [0.2, 0.25) is 0 Å². The van der Waals surface area contributed by atoms with Crippen LogP contribution in [0.2, 0.25) is 0 Å². The topological polar surface area (TPSA) is 59.2 Å². The Labute approximate surface area is 121 Å². The van der Waals surface area contributed by atoms with Gasteiger partial charge in [-0.3, -0.25) is 4.79 Å². The summed E-state index contributed by atoms with van der Waals surface area (Å²) in [7, 11) is 1.51. The van der Waals surface area contributed by atoms with E-state index in [1.165, 1.54) is 24.2 Å². The van der Waals surface area contributed by atoms with Crippen LogP contribution >= 0.6 is 0 Å². The zero-order valence-corrected chi connectivity index (χ0v) is 11.7. The predicted octanol–water partition coefficient (Wildman–Crippen LogP) is 2.78. The SMILES string of the molecule is CC(c1cc(F)ccc1F)N(C)C(=O)c1ccc(N)cn1. The third kappa shape index (κ3) is 3.16. The van der Waals surface area contributed by atoms with Crippen molar-refractivity contribution in [2.75, 3.05) is 12.8 Å². The third-order valence-corrected chi connectivity index (χ3v) is 3.31. The molecule has 0 aliphatic rings. The summed E-state index contributed by atoms with van der Waals surface area (Å²) in [6.45, 7) is 1.62. The molecule has 0 fully saturated rings. The molecule has 4 nitrogen and oxygen atoms in total. The first-order valence-corrected chi connectivity index (χ1v) is 6.34. The number of nitrogens with two attached hydrogens (primary N) is 1. The average molecular weight is 291 g/mol. The zero-order valence-electron chi connectivity index (χ0n) is 11.7. The van der Waals surface area contributed by atoms with Crippen LogP contribution in [0.1, 0.15) is 29.0 Å². The van der Waals surface area contributed by atoms with Crippen molar-refractivity contribution in [3.05, 3.63) is 59.4 Å². The lowest BCUT2D eigenvalue weighted by Gasteiger charge is -2.25. The number of hydrogen-bond donors (Lipinski definition) is 1. The molecule has 0 aliphatic carbocycles. The normalized spacial score (nSPS) is 12.0. The molecule has 6 heteroatoms. The van der Waals surface area contributed by atoms with E-state index in [1.807, 2.05) is 0 Å². The summed E-state index contributed by atoms with van der Waals surface area (Å²) in [5, 5.41) is 0. The van der Waals surface area contributed by atoms with E-state index in [9.17, 15) is 13.6 Å². The summed E-state index contributed by atoms with van der Waals surface area (Å²) in [6, 6.07) is 5.58. The monoisotopic (exact) mass is 291 g/mol. The first-order chi connectivity index (χ1) is 9.90. The lowest BCUT2D eigenvalue weighted by atomic mass is 10.1. The van der Waals surface area contributed by atoms with Crippen LogP contribution in [-0.4, -0.2) is 22.8 Å². The molecule has 110 valence electrons. The Kier molecular flexibility index (Phi) is 4.16. The van der Waals surface area contributed by atoms with Gasteiger partial charge in [-0.2, -0.15) is 0 Å². The van der Waals surface area contributed by atoms with E-state index in [1.54, 1.807) is 13.0 Å². The van der Waals surface area contributed by atoms with E-state index >= 15 is 0 Å². The molecule has 1 amide bonds. The molecule has 0 spiro atoms. The highest BCUT2D eigenvalue weighted by molar-refractivity contribution is 5.92. The summed E-state index contributed by atoms with van der Waals surface area (Å²) in [4.78, 5) is 17.5. The van der Waals surface area contributed by atoms with Gasteiger partial charge < -0.3 is 10.6 Å². The van der Waals surface area contributed by atoms with Crippen molar-refractivity contribution in [3.8, 4) is 0 Å². The number of carbonyl (C=O) groups is 1. The van der Waals surface area contributed by atoms with Gasteiger partial charge in [-0.25, -0.2) is 13.8 Å². The number of aromatic nitrogens is 1. The number of carbonyl (C=O) groups excluding carboxylic acids is 1. The Morgan fingerprint density at radius 3 is 2.62 bits per heavy atom. The number of nitrogens with zero attached hydrogens (tertiary/aromatic N) is 2. The number of amides is 1. The molecule has 0 saturated heterocycles. The number of hydrogen-bond acceptors (Lipinski definition) is 3. The van der Waals surface area contributed by atoms with Gasteiger partial charge in [0.25, 0.3) is 5.91 Å². The molecule has 1 aromatic heterocycles. The average Bonchev–Trinajstić information content (AvgIpc) is 2.48. The molecule has 0 radical (unpaired) electrons. The maximum atomic E-state index is 13.8. The number of rotatable bonds is 3. The van der Waals surface area contributed by atoms with Gasteiger partial charge in [0.05, 0.1) is 17.9 Å². The van der Waals surface area contributed by atoms with Gasteiger partial charge in [-0.15, -0.1) is 0 Å². The maximum absolute atomic E-state index is 13.8. The van der Waals surface area contributed by atoms with Crippen LogP contribution in [-0.2, 0) is 0 Å². The summed E-state index contributed by atoms with van der Waals surface area (Å²) >= 11 is 0. The lowest BCUT2D eigenvalue weighted by molar-refractivity contribution is 0.0734. The molecular formula is C15H15F2N3O. The summed E-state index contributed by atoms with van der Waals surface area (Å²) in [5.74, 6) is -1.51. The highest BCUT2D eigenvalue weighted by atomic mass is 19.1. The van der Waals surface area contributed by atoms with Crippen molar-refractivity contribution < 1.29 is 13.6 Å².